The van der Waals surface area contributed by atoms with E-state index in [1.54, 1.807) is 6.92 Å². The van der Waals surface area contributed by atoms with Crippen LogP contribution in [0.3, 0.4) is 0 Å². The molecule has 1 unspecified atom stereocenters. The Balaban J connectivity index is 2.21. The van der Waals surface area contributed by atoms with Crippen LogP contribution in [0.5, 0.6) is 0 Å². The largest absolute Gasteiger partial charge is 0.380 e. The summed E-state index contributed by atoms with van der Waals surface area (Å²) in [6.07, 6.45) is 0.699. The molecule has 16 heavy (non-hydrogen) atoms. The number of thiazole rings is 1. The molecule has 1 aromatic rings. The number of hydrogen-bond acceptors (Lipinski definition) is 5. The number of hydrogen-bond donors (Lipinski definition) is 1. The summed E-state index contributed by atoms with van der Waals surface area (Å²) in [5.74, 6) is 0. The van der Waals surface area contributed by atoms with Crippen molar-refractivity contribution in [3.63, 3.8) is 0 Å². The lowest BCUT2D eigenvalue weighted by Gasteiger charge is -2.09. The van der Waals surface area contributed by atoms with Crippen molar-refractivity contribution in [2.45, 2.75) is 23.6 Å². The summed E-state index contributed by atoms with van der Waals surface area (Å²) >= 11 is 6.65. The Bertz CT molecular complexity index is 479. The highest BCUT2D eigenvalue weighted by atomic mass is 35.5. The van der Waals surface area contributed by atoms with E-state index in [0.717, 1.165) is 11.3 Å². The molecule has 0 aliphatic carbocycles. The van der Waals surface area contributed by atoms with Gasteiger partial charge in [0.1, 0.15) is 0 Å². The van der Waals surface area contributed by atoms with Crippen LogP contribution in [0.15, 0.2) is 4.21 Å². The lowest BCUT2D eigenvalue weighted by Crippen LogP contribution is -2.34. The smallest absolute Gasteiger partial charge is 0.252 e. The van der Waals surface area contributed by atoms with Gasteiger partial charge >= 0.3 is 0 Å². The lowest BCUT2D eigenvalue weighted by atomic mass is 10.3. The fourth-order valence-electron chi connectivity index (χ4n) is 1.50. The predicted molar refractivity (Wildman–Crippen MR) is 61.4 cm³/mol. The Hall–Kier alpha value is -0.210. The van der Waals surface area contributed by atoms with E-state index < -0.39 is 10.0 Å². The molecule has 0 bridgehead atoms. The van der Waals surface area contributed by atoms with Crippen LogP contribution in [0, 0.1) is 6.92 Å². The maximum Gasteiger partial charge on any atom is 0.252 e. The zero-order valence-electron chi connectivity index (χ0n) is 8.57. The lowest BCUT2D eigenvalue weighted by molar-refractivity contribution is 0.192. The van der Waals surface area contributed by atoms with Gasteiger partial charge in [-0.05, 0) is 13.3 Å². The third-order valence-corrected chi connectivity index (χ3v) is 5.62. The molecule has 1 aliphatic heterocycles. The van der Waals surface area contributed by atoms with E-state index in [1.807, 2.05) is 0 Å². The molecular weight excluding hydrogens is 272 g/mol. The minimum atomic E-state index is -3.51. The molecule has 1 saturated heterocycles. The molecule has 0 spiro atoms. The van der Waals surface area contributed by atoms with Gasteiger partial charge in [-0.1, -0.05) is 22.9 Å². The fraction of sp³-hybridized carbons (Fsp3) is 0.625. The van der Waals surface area contributed by atoms with Crippen LogP contribution in [0.4, 0.5) is 0 Å². The first-order chi connectivity index (χ1) is 7.49. The highest BCUT2D eigenvalue weighted by molar-refractivity contribution is 7.91. The van der Waals surface area contributed by atoms with Crippen molar-refractivity contribution in [1.82, 2.24) is 9.71 Å². The molecule has 8 heteroatoms. The van der Waals surface area contributed by atoms with Crippen molar-refractivity contribution in [2.24, 2.45) is 0 Å². The van der Waals surface area contributed by atoms with E-state index in [0.29, 0.717) is 25.3 Å². The highest BCUT2D eigenvalue weighted by Crippen LogP contribution is 2.27. The summed E-state index contributed by atoms with van der Waals surface area (Å²) in [6.45, 7) is 2.64. The van der Waals surface area contributed by atoms with Crippen LogP contribution >= 0.6 is 22.9 Å². The molecular formula is C8H11ClN2O3S2. The Morgan fingerprint density at radius 3 is 2.88 bits per heavy atom. The van der Waals surface area contributed by atoms with Crippen molar-refractivity contribution in [3.05, 3.63) is 10.2 Å². The summed E-state index contributed by atoms with van der Waals surface area (Å²) < 4.78 is 32.0. The van der Waals surface area contributed by atoms with Crippen molar-refractivity contribution in [2.75, 3.05) is 13.2 Å². The van der Waals surface area contributed by atoms with Crippen molar-refractivity contribution in [1.29, 1.82) is 0 Å². The number of sulfonamides is 1. The molecule has 0 amide bonds. The second kappa shape index (κ2) is 4.58. The topological polar surface area (TPSA) is 68.3 Å². The second-order valence-corrected chi connectivity index (χ2v) is 7.01. The van der Waals surface area contributed by atoms with Gasteiger partial charge in [0.25, 0.3) is 10.0 Å². The minimum absolute atomic E-state index is 0.148. The summed E-state index contributed by atoms with van der Waals surface area (Å²) in [4.78, 5) is 3.89. The Morgan fingerprint density at radius 2 is 2.38 bits per heavy atom. The Labute approximate surface area is 103 Å². The van der Waals surface area contributed by atoms with Gasteiger partial charge in [0, 0.05) is 12.6 Å². The van der Waals surface area contributed by atoms with Crippen LogP contribution in [-0.4, -0.2) is 32.7 Å². The zero-order valence-corrected chi connectivity index (χ0v) is 11.0. The van der Waals surface area contributed by atoms with E-state index in [2.05, 4.69) is 9.71 Å². The minimum Gasteiger partial charge on any atom is -0.380 e. The van der Waals surface area contributed by atoms with Gasteiger partial charge in [0.2, 0.25) is 0 Å². The van der Waals surface area contributed by atoms with Crippen LogP contribution in [0.25, 0.3) is 0 Å². The van der Waals surface area contributed by atoms with Gasteiger partial charge in [-0.2, -0.15) is 0 Å². The van der Waals surface area contributed by atoms with Crippen LogP contribution in [0.2, 0.25) is 4.47 Å². The normalized spacial score (nSPS) is 21.5. The molecule has 2 heterocycles. The fourth-order valence-corrected chi connectivity index (χ4v) is 4.51. The molecule has 1 N–H and O–H groups in total. The number of ether oxygens (including phenoxy) is 1. The zero-order chi connectivity index (χ0) is 11.8. The SMILES string of the molecule is Cc1nc(Cl)sc1S(=O)(=O)NC1CCOC1. The third kappa shape index (κ3) is 2.54. The second-order valence-electron chi connectivity index (χ2n) is 3.52. The Morgan fingerprint density at radius 1 is 1.62 bits per heavy atom. The number of aromatic nitrogens is 1. The average molecular weight is 283 g/mol. The molecule has 5 nitrogen and oxygen atoms in total. The van der Waals surface area contributed by atoms with Gasteiger partial charge in [-0.25, -0.2) is 18.1 Å². The first-order valence-corrected chi connectivity index (χ1v) is 7.40. The van der Waals surface area contributed by atoms with Crippen LogP contribution in [0.1, 0.15) is 12.1 Å². The van der Waals surface area contributed by atoms with Gasteiger partial charge in [-0.15, -0.1) is 0 Å². The highest BCUT2D eigenvalue weighted by Gasteiger charge is 2.26. The van der Waals surface area contributed by atoms with Gasteiger partial charge in [-0.3, -0.25) is 0 Å². The van der Waals surface area contributed by atoms with Crippen molar-refractivity contribution < 1.29 is 13.2 Å². The first kappa shape index (κ1) is 12.3. The van der Waals surface area contributed by atoms with Gasteiger partial charge in [0.15, 0.2) is 8.68 Å². The number of halogens is 1. The molecule has 1 aliphatic rings. The molecule has 0 aromatic carbocycles. The molecule has 1 atom stereocenters. The van der Waals surface area contributed by atoms with Crippen molar-refractivity contribution >= 4 is 33.0 Å². The molecule has 2 rings (SSSR count). The first-order valence-electron chi connectivity index (χ1n) is 4.72. The van der Waals surface area contributed by atoms with Crippen LogP contribution in [-0.2, 0) is 14.8 Å². The number of nitrogens with zero attached hydrogens (tertiary/aromatic N) is 1. The quantitative estimate of drug-likeness (QED) is 0.904. The third-order valence-electron chi connectivity index (χ3n) is 2.22. The summed E-state index contributed by atoms with van der Waals surface area (Å²) in [7, 11) is -3.51. The number of aryl methyl sites for hydroxylation is 1. The maximum atomic E-state index is 12.0. The van der Waals surface area contributed by atoms with Crippen LogP contribution < -0.4 is 4.72 Å². The van der Waals surface area contributed by atoms with E-state index in [9.17, 15) is 8.42 Å². The van der Waals surface area contributed by atoms with E-state index in [1.165, 1.54) is 0 Å². The van der Waals surface area contributed by atoms with E-state index in [4.69, 9.17) is 16.3 Å². The molecule has 0 radical (unpaired) electrons. The number of nitrogens with one attached hydrogen (secondary N) is 1. The van der Waals surface area contributed by atoms with E-state index >= 15 is 0 Å². The summed E-state index contributed by atoms with van der Waals surface area (Å²) in [6, 6.07) is -0.148. The molecule has 0 saturated carbocycles. The van der Waals surface area contributed by atoms with Gasteiger partial charge in [0.05, 0.1) is 12.3 Å². The molecule has 1 fully saturated rings. The van der Waals surface area contributed by atoms with Gasteiger partial charge < -0.3 is 4.74 Å². The maximum absolute atomic E-state index is 12.0. The number of rotatable bonds is 3. The van der Waals surface area contributed by atoms with Crippen molar-refractivity contribution in [3.8, 4) is 0 Å². The average Bonchev–Trinajstić information content (AvgIpc) is 2.75. The summed E-state index contributed by atoms with van der Waals surface area (Å²) in [5, 5.41) is 0. The molecule has 90 valence electrons. The Kier molecular flexibility index (Phi) is 3.50. The predicted octanol–water partition coefficient (Wildman–Crippen LogP) is 1.17. The summed E-state index contributed by atoms with van der Waals surface area (Å²) in [5.41, 5.74) is 0.432. The van der Waals surface area contributed by atoms with E-state index in [-0.39, 0.29) is 14.7 Å². The monoisotopic (exact) mass is 282 g/mol. The standard InChI is InChI=1S/C8H11ClN2O3S2/c1-5-7(15-8(9)10-5)16(12,13)11-6-2-3-14-4-6/h6,11H,2-4H2,1H3. The molecule has 1 aromatic heterocycles.